The first-order chi connectivity index (χ1) is 7.78. The summed E-state index contributed by atoms with van der Waals surface area (Å²) in [6.45, 7) is 3.71. The number of hydrogen-bond donors (Lipinski definition) is 1. The Labute approximate surface area is 101 Å². The monoisotopic (exact) mass is 237 g/mol. The standard InChI is InChI=1S/C13H19NOS/c1-2-12-5-6-13(16-12)7-11(15)9-14-8-10-3-4-10/h5-6,10,14H,2-4,7-9H2,1H3. The van der Waals surface area contributed by atoms with E-state index in [1.807, 2.05) is 0 Å². The molecule has 0 amide bonds. The Hall–Kier alpha value is -0.670. The highest BCUT2D eigenvalue weighted by Crippen LogP contribution is 2.27. The van der Waals surface area contributed by atoms with Crippen LogP contribution in [0, 0.1) is 5.92 Å². The number of Topliss-reactive ketones (excluding diaryl/α,β-unsaturated/α-hetero) is 1. The lowest BCUT2D eigenvalue weighted by Crippen LogP contribution is -2.25. The van der Waals surface area contributed by atoms with E-state index < -0.39 is 0 Å². The van der Waals surface area contributed by atoms with Crippen LogP contribution < -0.4 is 5.32 Å². The zero-order valence-electron chi connectivity index (χ0n) is 9.79. The van der Waals surface area contributed by atoms with Crippen molar-refractivity contribution in [2.45, 2.75) is 32.6 Å². The van der Waals surface area contributed by atoms with Gasteiger partial charge in [-0.05, 0) is 43.9 Å². The third-order valence-electron chi connectivity index (χ3n) is 2.89. The summed E-state index contributed by atoms with van der Waals surface area (Å²) in [7, 11) is 0. The van der Waals surface area contributed by atoms with E-state index in [-0.39, 0.29) is 0 Å². The second kappa shape index (κ2) is 5.60. The van der Waals surface area contributed by atoms with Crippen LogP contribution in [0.15, 0.2) is 12.1 Å². The van der Waals surface area contributed by atoms with Gasteiger partial charge >= 0.3 is 0 Å². The maximum absolute atomic E-state index is 11.7. The lowest BCUT2D eigenvalue weighted by atomic mass is 10.2. The van der Waals surface area contributed by atoms with Gasteiger partial charge in [0.05, 0.1) is 6.54 Å². The van der Waals surface area contributed by atoms with Gasteiger partial charge in [-0.3, -0.25) is 4.79 Å². The molecule has 0 atom stereocenters. The fourth-order valence-electron chi connectivity index (χ4n) is 1.70. The Morgan fingerprint density at radius 2 is 2.19 bits per heavy atom. The van der Waals surface area contributed by atoms with E-state index in [1.165, 1.54) is 22.6 Å². The second-order valence-electron chi connectivity index (χ2n) is 4.51. The fourth-order valence-corrected chi connectivity index (χ4v) is 2.69. The molecule has 1 aliphatic carbocycles. The Morgan fingerprint density at radius 1 is 1.44 bits per heavy atom. The summed E-state index contributed by atoms with van der Waals surface area (Å²) in [5.74, 6) is 1.16. The molecule has 1 heterocycles. The Bertz CT molecular complexity index is 355. The largest absolute Gasteiger partial charge is 0.310 e. The van der Waals surface area contributed by atoms with Gasteiger partial charge in [-0.1, -0.05) is 6.92 Å². The zero-order chi connectivity index (χ0) is 11.4. The van der Waals surface area contributed by atoms with Crippen LogP contribution >= 0.6 is 11.3 Å². The predicted octanol–water partition coefficient (Wildman–Crippen LogP) is 2.42. The number of carbonyl (C=O) groups is 1. The van der Waals surface area contributed by atoms with Crippen LogP contribution in [0.5, 0.6) is 0 Å². The number of thiophene rings is 1. The molecule has 1 fully saturated rings. The van der Waals surface area contributed by atoms with Crippen molar-refractivity contribution in [3.63, 3.8) is 0 Å². The summed E-state index contributed by atoms with van der Waals surface area (Å²) in [6.07, 6.45) is 4.35. The molecule has 0 aromatic carbocycles. The Balaban J connectivity index is 1.68. The van der Waals surface area contributed by atoms with Crippen LogP contribution in [-0.2, 0) is 17.6 Å². The molecule has 1 aliphatic rings. The third-order valence-corrected chi connectivity index (χ3v) is 4.12. The van der Waals surface area contributed by atoms with Crippen molar-refractivity contribution in [1.29, 1.82) is 0 Å². The van der Waals surface area contributed by atoms with E-state index in [0.717, 1.165) is 18.9 Å². The maximum atomic E-state index is 11.7. The number of aryl methyl sites for hydroxylation is 1. The van der Waals surface area contributed by atoms with Gasteiger partial charge in [0.2, 0.25) is 0 Å². The van der Waals surface area contributed by atoms with E-state index in [2.05, 4.69) is 24.4 Å². The SMILES string of the molecule is CCc1ccc(CC(=O)CNCC2CC2)s1. The van der Waals surface area contributed by atoms with Crippen LogP contribution in [0.25, 0.3) is 0 Å². The highest BCUT2D eigenvalue weighted by molar-refractivity contribution is 7.12. The fraction of sp³-hybridized carbons (Fsp3) is 0.615. The van der Waals surface area contributed by atoms with Gasteiger partial charge in [0.15, 0.2) is 5.78 Å². The second-order valence-corrected chi connectivity index (χ2v) is 5.76. The smallest absolute Gasteiger partial charge is 0.151 e. The molecule has 1 N–H and O–H groups in total. The van der Waals surface area contributed by atoms with Gasteiger partial charge in [-0.25, -0.2) is 0 Å². The molecule has 0 aliphatic heterocycles. The van der Waals surface area contributed by atoms with E-state index in [9.17, 15) is 4.79 Å². The highest BCUT2D eigenvalue weighted by Gasteiger charge is 2.20. The van der Waals surface area contributed by atoms with Gasteiger partial charge in [-0.2, -0.15) is 0 Å². The molecule has 2 nitrogen and oxygen atoms in total. The van der Waals surface area contributed by atoms with Gasteiger partial charge in [0.1, 0.15) is 0 Å². The summed E-state index contributed by atoms with van der Waals surface area (Å²) < 4.78 is 0. The van der Waals surface area contributed by atoms with Crippen molar-refractivity contribution in [2.75, 3.05) is 13.1 Å². The minimum Gasteiger partial charge on any atom is -0.310 e. The molecule has 0 saturated heterocycles. The molecule has 88 valence electrons. The number of nitrogens with one attached hydrogen (secondary N) is 1. The Kier molecular flexibility index (Phi) is 4.13. The molecule has 1 aromatic heterocycles. The summed E-state index contributed by atoms with van der Waals surface area (Å²) in [5, 5.41) is 3.24. The predicted molar refractivity (Wildman–Crippen MR) is 68.0 cm³/mol. The minimum absolute atomic E-state index is 0.310. The van der Waals surface area contributed by atoms with E-state index in [4.69, 9.17) is 0 Å². The normalized spacial score (nSPS) is 15.3. The summed E-state index contributed by atoms with van der Waals surface area (Å²) in [6, 6.07) is 4.22. The number of rotatable bonds is 7. The average molecular weight is 237 g/mol. The van der Waals surface area contributed by atoms with Crippen molar-refractivity contribution < 1.29 is 4.79 Å². The molecule has 0 spiro atoms. The van der Waals surface area contributed by atoms with E-state index in [0.29, 0.717) is 18.7 Å². The average Bonchev–Trinajstić information content (AvgIpc) is 2.97. The Morgan fingerprint density at radius 3 is 2.81 bits per heavy atom. The molecule has 16 heavy (non-hydrogen) atoms. The number of ketones is 1. The molecule has 0 radical (unpaired) electrons. The van der Waals surface area contributed by atoms with Crippen LogP contribution in [-0.4, -0.2) is 18.9 Å². The maximum Gasteiger partial charge on any atom is 0.151 e. The topological polar surface area (TPSA) is 29.1 Å². The third kappa shape index (κ3) is 3.72. The molecular weight excluding hydrogens is 218 g/mol. The minimum atomic E-state index is 0.310. The summed E-state index contributed by atoms with van der Waals surface area (Å²) >= 11 is 1.76. The number of carbonyl (C=O) groups excluding carboxylic acids is 1. The first-order valence-corrected chi connectivity index (χ1v) is 6.89. The molecule has 0 unspecified atom stereocenters. The van der Waals surface area contributed by atoms with Crippen molar-refractivity contribution >= 4 is 17.1 Å². The summed E-state index contributed by atoms with van der Waals surface area (Å²) in [5.41, 5.74) is 0. The van der Waals surface area contributed by atoms with Crippen molar-refractivity contribution in [3.8, 4) is 0 Å². The van der Waals surface area contributed by atoms with Crippen molar-refractivity contribution in [1.82, 2.24) is 5.32 Å². The van der Waals surface area contributed by atoms with Crippen LogP contribution in [0.4, 0.5) is 0 Å². The first-order valence-electron chi connectivity index (χ1n) is 6.08. The van der Waals surface area contributed by atoms with Crippen molar-refractivity contribution in [2.24, 2.45) is 5.92 Å². The zero-order valence-corrected chi connectivity index (χ0v) is 10.6. The molecule has 0 bridgehead atoms. The van der Waals surface area contributed by atoms with Crippen LogP contribution in [0.2, 0.25) is 0 Å². The molecule has 1 saturated carbocycles. The van der Waals surface area contributed by atoms with Crippen molar-refractivity contribution in [3.05, 3.63) is 21.9 Å². The van der Waals surface area contributed by atoms with Crippen LogP contribution in [0.1, 0.15) is 29.5 Å². The number of hydrogen-bond acceptors (Lipinski definition) is 3. The highest BCUT2D eigenvalue weighted by atomic mass is 32.1. The lowest BCUT2D eigenvalue weighted by molar-refractivity contribution is -0.117. The molecule has 3 heteroatoms. The van der Waals surface area contributed by atoms with Gasteiger partial charge < -0.3 is 5.32 Å². The van der Waals surface area contributed by atoms with Gasteiger partial charge in [0, 0.05) is 16.2 Å². The quantitative estimate of drug-likeness (QED) is 0.789. The van der Waals surface area contributed by atoms with E-state index in [1.54, 1.807) is 11.3 Å². The van der Waals surface area contributed by atoms with Gasteiger partial charge in [0.25, 0.3) is 0 Å². The van der Waals surface area contributed by atoms with Gasteiger partial charge in [-0.15, -0.1) is 11.3 Å². The first kappa shape index (κ1) is 11.8. The lowest BCUT2D eigenvalue weighted by Gasteiger charge is -2.01. The van der Waals surface area contributed by atoms with E-state index >= 15 is 0 Å². The molecular formula is C13H19NOS. The summed E-state index contributed by atoms with van der Waals surface area (Å²) in [4.78, 5) is 14.2. The molecule has 2 rings (SSSR count). The van der Waals surface area contributed by atoms with Crippen LogP contribution in [0.3, 0.4) is 0 Å². The molecule has 1 aromatic rings.